The highest BCUT2D eigenvalue weighted by Crippen LogP contribution is 2.30. The Hall–Kier alpha value is -2.53. The van der Waals surface area contributed by atoms with Crippen LogP contribution in [-0.2, 0) is 29.1 Å². The van der Waals surface area contributed by atoms with Gasteiger partial charge in [0.2, 0.25) is 5.91 Å². The van der Waals surface area contributed by atoms with Gasteiger partial charge in [0.1, 0.15) is 17.4 Å². The number of nitrogens with zero attached hydrogens (tertiary/aromatic N) is 3. The first-order valence-electron chi connectivity index (χ1n) is 10.1. The molecular formula is C22H22Cl2N4O4S2. The van der Waals surface area contributed by atoms with Gasteiger partial charge in [0.25, 0.3) is 0 Å². The highest BCUT2D eigenvalue weighted by molar-refractivity contribution is 7.99. The molecule has 12 heteroatoms. The van der Waals surface area contributed by atoms with Crippen molar-refractivity contribution in [2.75, 3.05) is 18.2 Å². The number of nitrogens with one attached hydrogen (secondary N) is 1. The highest BCUT2D eigenvalue weighted by atomic mass is 35.5. The van der Waals surface area contributed by atoms with Crippen LogP contribution in [0.15, 0.2) is 42.1 Å². The molecule has 1 aromatic carbocycles. The molecule has 0 spiro atoms. The van der Waals surface area contributed by atoms with Crippen LogP contribution in [0.25, 0.3) is 0 Å². The number of anilines is 1. The lowest BCUT2D eigenvalue weighted by Gasteiger charge is -2.10. The van der Waals surface area contributed by atoms with Crippen LogP contribution in [0.3, 0.4) is 0 Å². The van der Waals surface area contributed by atoms with Gasteiger partial charge in [-0.05, 0) is 24.6 Å². The van der Waals surface area contributed by atoms with Crippen LogP contribution in [-0.4, -0.2) is 39.5 Å². The van der Waals surface area contributed by atoms with Gasteiger partial charge in [0.15, 0.2) is 11.0 Å². The van der Waals surface area contributed by atoms with E-state index in [1.807, 2.05) is 6.92 Å². The average molecular weight is 541 g/mol. The van der Waals surface area contributed by atoms with Crippen LogP contribution < -0.4 is 10.1 Å². The number of hydrogen-bond donors (Lipinski definition) is 1. The van der Waals surface area contributed by atoms with Gasteiger partial charge in [0.05, 0.1) is 23.4 Å². The monoisotopic (exact) mass is 540 g/mol. The number of rotatable bonds is 11. The molecule has 3 rings (SSSR count). The smallest absolute Gasteiger partial charge is 0.340 e. The minimum absolute atomic E-state index is 0.0657. The molecule has 0 radical (unpaired) electrons. The quantitative estimate of drug-likeness (QED) is 0.195. The fourth-order valence-corrected chi connectivity index (χ4v) is 4.94. The number of thiophene rings is 1. The van der Waals surface area contributed by atoms with Gasteiger partial charge in [-0.3, -0.25) is 9.36 Å². The van der Waals surface area contributed by atoms with Crippen molar-refractivity contribution in [1.29, 1.82) is 0 Å². The zero-order valence-electron chi connectivity index (χ0n) is 18.5. The highest BCUT2D eigenvalue weighted by Gasteiger charge is 2.19. The van der Waals surface area contributed by atoms with E-state index < -0.39 is 5.97 Å². The van der Waals surface area contributed by atoms with Crippen molar-refractivity contribution in [2.45, 2.75) is 31.7 Å². The van der Waals surface area contributed by atoms with Gasteiger partial charge in [-0.2, -0.15) is 0 Å². The standard InChI is InChI=1S/C22H22Cl2N4O4S2/c1-4-8-28-18(11-32-17-9-13(23)6-7-16(17)24)26-27-22(28)33-12-19(29)25-20-15(21(30)31-3)10-14(5-2)34-20/h4,6-7,9-10H,1,5,8,11-12H2,2-3H3,(H,25,29). The van der Waals surface area contributed by atoms with E-state index in [-0.39, 0.29) is 18.3 Å². The molecule has 3 aromatic rings. The lowest BCUT2D eigenvalue weighted by molar-refractivity contribution is -0.113. The largest absolute Gasteiger partial charge is 0.484 e. The number of carbonyl (C=O) groups excluding carboxylic acids is 2. The molecule has 1 N–H and O–H groups in total. The third kappa shape index (κ3) is 6.53. The molecule has 0 aliphatic heterocycles. The lowest BCUT2D eigenvalue weighted by atomic mass is 10.2. The number of thioether (sulfide) groups is 1. The fraction of sp³-hybridized carbons (Fsp3) is 0.273. The van der Waals surface area contributed by atoms with Crippen molar-refractivity contribution in [2.24, 2.45) is 0 Å². The van der Waals surface area contributed by atoms with Crippen molar-refractivity contribution in [3.8, 4) is 5.75 Å². The Morgan fingerprint density at radius 3 is 2.79 bits per heavy atom. The second-order valence-corrected chi connectivity index (χ2v) is 9.72. The van der Waals surface area contributed by atoms with Gasteiger partial charge in [-0.25, -0.2) is 4.79 Å². The number of halogens is 2. The summed E-state index contributed by atoms with van der Waals surface area (Å²) >= 11 is 14.7. The Bertz CT molecular complexity index is 1200. The summed E-state index contributed by atoms with van der Waals surface area (Å²) in [7, 11) is 1.31. The van der Waals surface area contributed by atoms with Gasteiger partial charge >= 0.3 is 5.97 Å². The summed E-state index contributed by atoms with van der Waals surface area (Å²) in [5.41, 5.74) is 0.344. The van der Waals surface area contributed by atoms with Gasteiger partial charge in [-0.1, -0.05) is 48.0 Å². The molecule has 2 heterocycles. The molecule has 0 aliphatic carbocycles. The van der Waals surface area contributed by atoms with Crippen LogP contribution in [0.5, 0.6) is 5.75 Å². The van der Waals surface area contributed by atoms with Crippen LogP contribution in [0, 0.1) is 0 Å². The summed E-state index contributed by atoms with van der Waals surface area (Å²) in [5.74, 6) is 0.263. The molecule has 8 nitrogen and oxygen atoms in total. The zero-order chi connectivity index (χ0) is 24.7. The number of carbonyl (C=O) groups is 2. The Labute approximate surface area is 215 Å². The van der Waals surface area contributed by atoms with Crippen LogP contribution >= 0.6 is 46.3 Å². The number of hydrogen-bond acceptors (Lipinski definition) is 8. The zero-order valence-corrected chi connectivity index (χ0v) is 21.6. The predicted octanol–water partition coefficient (Wildman–Crippen LogP) is 5.49. The number of aromatic nitrogens is 3. The second-order valence-electron chi connectivity index (χ2n) is 6.80. The molecule has 1 amide bonds. The van der Waals surface area contributed by atoms with E-state index in [0.29, 0.717) is 43.9 Å². The maximum absolute atomic E-state index is 12.6. The van der Waals surface area contributed by atoms with Crippen LogP contribution in [0.2, 0.25) is 10.0 Å². The molecular weight excluding hydrogens is 519 g/mol. The van der Waals surface area contributed by atoms with E-state index >= 15 is 0 Å². The first-order valence-corrected chi connectivity index (χ1v) is 12.7. The van der Waals surface area contributed by atoms with Crippen molar-refractivity contribution < 1.29 is 19.1 Å². The summed E-state index contributed by atoms with van der Waals surface area (Å²) in [4.78, 5) is 25.6. The number of benzene rings is 1. The number of amides is 1. The van der Waals surface area contributed by atoms with Gasteiger partial charge < -0.3 is 14.8 Å². The summed E-state index contributed by atoms with van der Waals surface area (Å²) in [6.45, 7) is 6.27. The molecule has 2 aromatic heterocycles. The van der Waals surface area contributed by atoms with Crippen molar-refractivity contribution in [3.05, 3.63) is 63.2 Å². The summed E-state index contributed by atoms with van der Waals surface area (Å²) in [6, 6.07) is 6.67. The number of aryl methyl sites for hydroxylation is 1. The van der Waals surface area contributed by atoms with E-state index in [0.717, 1.165) is 11.3 Å². The summed E-state index contributed by atoms with van der Waals surface area (Å²) in [5, 5.41) is 13.1. The Balaban J connectivity index is 1.67. The Morgan fingerprint density at radius 1 is 1.29 bits per heavy atom. The number of ether oxygens (including phenoxy) is 2. The van der Waals surface area contributed by atoms with Crippen molar-refractivity contribution in [3.63, 3.8) is 0 Å². The van der Waals surface area contributed by atoms with Crippen molar-refractivity contribution >= 4 is 63.2 Å². The van der Waals surface area contributed by atoms with Crippen LogP contribution in [0.4, 0.5) is 5.00 Å². The molecule has 0 saturated carbocycles. The third-order valence-electron chi connectivity index (χ3n) is 4.48. The first-order chi connectivity index (χ1) is 16.4. The Kier molecular flexibility index (Phi) is 9.40. The van der Waals surface area contributed by atoms with Gasteiger partial charge in [0, 0.05) is 22.5 Å². The molecule has 0 aliphatic rings. The fourth-order valence-electron chi connectivity index (χ4n) is 2.84. The SMILES string of the molecule is C=CCn1c(COc2cc(Cl)ccc2Cl)nnc1SCC(=O)Nc1sc(CC)cc1C(=O)OC. The van der Waals surface area contributed by atoms with Crippen LogP contribution in [0.1, 0.15) is 28.0 Å². The van der Waals surface area contributed by atoms with E-state index in [1.165, 1.54) is 30.2 Å². The van der Waals surface area contributed by atoms with E-state index in [9.17, 15) is 9.59 Å². The second kappa shape index (κ2) is 12.3. The number of methoxy groups -OCH3 is 1. The number of allylic oxidation sites excluding steroid dienone is 1. The maximum atomic E-state index is 12.6. The van der Waals surface area contributed by atoms with E-state index in [1.54, 1.807) is 34.9 Å². The first kappa shape index (κ1) is 26.1. The predicted molar refractivity (Wildman–Crippen MR) is 135 cm³/mol. The molecule has 0 unspecified atom stereocenters. The molecule has 0 saturated heterocycles. The molecule has 0 fully saturated rings. The minimum atomic E-state index is -0.492. The normalized spacial score (nSPS) is 10.7. The van der Waals surface area contributed by atoms with E-state index in [2.05, 4.69) is 22.1 Å². The maximum Gasteiger partial charge on any atom is 0.340 e. The average Bonchev–Trinajstić information content (AvgIpc) is 3.41. The summed E-state index contributed by atoms with van der Waals surface area (Å²) in [6.07, 6.45) is 2.44. The van der Waals surface area contributed by atoms with Crippen molar-refractivity contribution in [1.82, 2.24) is 14.8 Å². The molecule has 0 atom stereocenters. The lowest BCUT2D eigenvalue weighted by Crippen LogP contribution is -2.16. The third-order valence-corrected chi connectivity index (χ3v) is 7.19. The Morgan fingerprint density at radius 2 is 2.09 bits per heavy atom. The van der Waals surface area contributed by atoms with Gasteiger partial charge in [-0.15, -0.1) is 28.1 Å². The minimum Gasteiger partial charge on any atom is -0.484 e. The molecule has 180 valence electrons. The number of esters is 1. The molecule has 0 bridgehead atoms. The van der Waals surface area contributed by atoms with E-state index in [4.69, 9.17) is 32.7 Å². The topological polar surface area (TPSA) is 95.3 Å². The summed E-state index contributed by atoms with van der Waals surface area (Å²) < 4.78 is 12.4. The molecule has 34 heavy (non-hydrogen) atoms.